The minimum Gasteiger partial charge on any atom is -0.372 e. The Morgan fingerprint density at radius 1 is 1.11 bits per heavy atom. The van der Waals surface area contributed by atoms with Gasteiger partial charge in [0.15, 0.2) is 0 Å². The number of hydrogen-bond donors (Lipinski definition) is 1. The van der Waals surface area contributed by atoms with Gasteiger partial charge in [-0.2, -0.15) is 0 Å². The third-order valence-corrected chi connectivity index (χ3v) is 6.22. The Kier molecular flexibility index (Phi) is 6.05. The topological polar surface area (TPSA) is 44.8 Å². The molecule has 3 fully saturated rings. The number of ether oxygens (including phenoxy) is 1. The third kappa shape index (κ3) is 4.68. The minimum atomic E-state index is -0.236. The fraction of sp³-hybridized carbons (Fsp3) is 0.667. The molecule has 2 saturated heterocycles. The molecule has 2 heterocycles. The zero-order chi connectivity index (χ0) is 18.6. The fourth-order valence-electron chi connectivity index (χ4n) is 4.31. The Hall–Kier alpha value is -1.50. The second kappa shape index (κ2) is 8.67. The van der Waals surface area contributed by atoms with E-state index in [1.165, 1.54) is 31.4 Å². The Balaban J connectivity index is 1.23. The number of nitrogens with zero attached hydrogens (tertiary/aromatic N) is 2. The zero-order valence-corrected chi connectivity index (χ0v) is 15.9. The summed E-state index contributed by atoms with van der Waals surface area (Å²) in [7, 11) is 0. The molecule has 2 atom stereocenters. The van der Waals surface area contributed by atoms with E-state index in [1.54, 1.807) is 12.1 Å². The molecular weight excluding hydrogens is 345 g/mol. The molecule has 3 aliphatic rings. The Bertz CT molecular complexity index is 635. The van der Waals surface area contributed by atoms with Crippen molar-refractivity contribution in [3.05, 3.63) is 35.6 Å². The van der Waals surface area contributed by atoms with E-state index in [1.807, 2.05) is 4.90 Å². The van der Waals surface area contributed by atoms with Gasteiger partial charge in [-0.25, -0.2) is 4.39 Å². The van der Waals surface area contributed by atoms with Crippen molar-refractivity contribution in [1.82, 2.24) is 15.1 Å². The van der Waals surface area contributed by atoms with Gasteiger partial charge in [-0.05, 0) is 43.4 Å². The van der Waals surface area contributed by atoms with E-state index in [-0.39, 0.29) is 23.9 Å². The summed E-state index contributed by atoms with van der Waals surface area (Å²) in [5.41, 5.74) is 0.954. The van der Waals surface area contributed by atoms with E-state index in [0.717, 1.165) is 44.2 Å². The van der Waals surface area contributed by atoms with Crippen molar-refractivity contribution in [2.45, 2.75) is 56.9 Å². The minimum absolute atomic E-state index is 0.0301. The van der Waals surface area contributed by atoms with Crippen LogP contribution < -0.4 is 5.32 Å². The van der Waals surface area contributed by atoms with Gasteiger partial charge in [-0.15, -0.1) is 0 Å². The van der Waals surface area contributed by atoms with Gasteiger partial charge < -0.3 is 15.0 Å². The lowest BCUT2D eigenvalue weighted by Gasteiger charge is -2.36. The summed E-state index contributed by atoms with van der Waals surface area (Å²) in [6.07, 6.45) is 5.82. The van der Waals surface area contributed by atoms with Crippen molar-refractivity contribution in [2.24, 2.45) is 0 Å². The van der Waals surface area contributed by atoms with Crippen LogP contribution in [0, 0.1) is 5.82 Å². The van der Waals surface area contributed by atoms with Crippen molar-refractivity contribution in [1.29, 1.82) is 0 Å². The predicted molar refractivity (Wildman–Crippen MR) is 102 cm³/mol. The van der Waals surface area contributed by atoms with Crippen LogP contribution in [0.2, 0.25) is 0 Å². The van der Waals surface area contributed by atoms with Crippen molar-refractivity contribution in [3.8, 4) is 0 Å². The molecule has 0 unspecified atom stereocenters. The molecule has 0 bridgehead atoms. The van der Waals surface area contributed by atoms with Crippen molar-refractivity contribution in [2.75, 3.05) is 32.7 Å². The number of carbonyl (C=O) groups excluding carboxylic acids is 1. The summed E-state index contributed by atoms with van der Waals surface area (Å²) in [5.74, 6) is -0.0152. The average molecular weight is 375 g/mol. The van der Waals surface area contributed by atoms with Crippen LogP contribution in [-0.2, 0) is 16.1 Å². The molecule has 1 aromatic rings. The quantitative estimate of drug-likeness (QED) is 0.857. The standard InChI is InChI=1S/C21H30FN3O2/c22-17-7-5-16(6-8-17)15-27-19-13-20(23-14-19)21(26)25-10-2-9-24(11-12-25)18-3-1-4-18/h5-8,18-20,23H,1-4,9-15H2/t19-,20-/m1/s1. The third-order valence-electron chi connectivity index (χ3n) is 6.22. The highest BCUT2D eigenvalue weighted by Gasteiger charge is 2.34. The molecule has 0 aromatic heterocycles. The molecule has 2 aliphatic heterocycles. The first-order valence-corrected chi connectivity index (χ1v) is 10.3. The first-order valence-electron chi connectivity index (χ1n) is 10.3. The molecule has 1 N–H and O–H groups in total. The molecule has 1 amide bonds. The van der Waals surface area contributed by atoms with Crippen LogP contribution in [0.3, 0.4) is 0 Å². The van der Waals surface area contributed by atoms with Gasteiger partial charge in [0.2, 0.25) is 5.91 Å². The van der Waals surface area contributed by atoms with E-state index < -0.39 is 0 Å². The maximum atomic E-state index is 13.0. The zero-order valence-electron chi connectivity index (χ0n) is 15.9. The molecule has 1 aromatic carbocycles. The molecule has 5 nitrogen and oxygen atoms in total. The van der Waals surface area contributed by atoms with Gasteiger partial charge in [-0.3, -0.25) is 9.69 Å². The van der Waals surface area contributed by atoms with Gasteiger partial charge in [0.05, 0.1) is 18.8 Å². The summed E-state index contributed by atoms with van der Waals surface area (Å²) in [6, 6.07) is 7.00. The van der Waals surface area contributed by atoms with Crippen LogP contribution >= 0.6 is 0 Å². The molecule has 27 heavy (non-hydrogen) atoms. The Morgan fingerprint density at radius 2 is 1.93 bits per heavy atom. The average Bonchev–Trinajstić information content (AvgIpc) is 2.98. The molecule has 1 aliphatic carbocycles. The van der Waals surface area contributed by atoms with Gasteiger partial charge in [0, 0.05) is 38.8 Å². The van der Waals surface area contributed by atoms with Crippen LogP contribution in [0.1, 0.15) is 37.7 Å². The summed E-state index contributed by atoms with van der Waals surface area (Å²) < 4.78 is 18.9. The summed E-state index contributed by atoms with van der Waals surface area (Å²) in [4.78, 5) is 17.5. The molecular formula is C21H30FN3O2. The lowest BCUT2D eigenvalue weighted by Crippen LogP contribution is -2.46. The number of benzene rings is 1. The van der Waals surface area contributed by atoms with Crippen molar-refractivity contribution in [3.63, 3.8) is 0 Å². The highest BCUT2D eigenvalue weighted by Crippen LogP contribution is 2.26. The fourth-order valence-corrected chi connectivity index (χ4v) is 4.31. The smallest absolute Gasteiger partial charge is 0.239 e. The van der Waals surface area contributed by atoms with E-state index in [2.05, 4.69) is 10.2 Å². The Labute approximate surface area is 160 Å². The molecule has 0 radical (unpaired) electrons. The highest BCUT2D eigenvalue weighted by molar-refractivity contribution is 5.82. The SMILES string of the molecule is O=C([C@H]1C[C@@H](OCc2ccc(F)cc2)CN1)N1CCCN(C2CCC2)CC1. The molecule has 4 rings (SSSR count). The molecule has 1 saturated carbocycles. The second-order valence-corrected chi connectivity index (χ2v) is 8.06. The summed E-state index contributed by atoms with van der Waals surface area (Å²) in [6.45, 7) is 4.98. The van der Waals surface area contributed by atoms with Crippen LogP contribution in [-0.4, -0.2) is 66.6 Å². The lowest BCUT2D eigenvalue weighted by molar-refractivity contribution is -0.133. The van der Waals surface area contributed by atoms with Crippen molar-refractivity contribution < 1.29 is 13.9 Å². The normalized spacial score (nSPS) is 27.4. The maximum Gasteiger partial charge on any atom is 0.239 e. The van der Waals surface area contributed by atoms with Crippen LogP contribution in [0.15, 0.2) is 24.3 Å². The number of rotatable bonds is 5. The highest BCUT2D eigenvalue weighted by atomic mass is 19.1. The van der Waals surface area contributed by atoms with Crippen LogP contribution in [0.4, 0.5) is 4.39 Å². The molecule has 0 spiro atoms. The van der Waals surface area contributed by atoms with E-state index in [9.17, 15) is 9.18 Å². The largest absolute Gasteiger partial charge is 0.372 e. The van der Waals surface area contributed by atoms with E-state index in [0.29, 0.717) is 19.6 Å². The molecule has 6 heteroatoms. The number of carbonyl (C=O) groups is 1. The molecule has 148 valence electrons. The summed E-state index contributed by atoms with van der Waals surface area (Å²) in [5, 5.41) is 3.34. The first-order chi connectivity index (χ1) is 13.2. The van der Waals surface area contributed by atoms with Crippen molar-refractivity contribution >= 4 is 5.91 Å². The first kappa shape index (κ1) is 18.8. The van der Waals surface area contributed by atoms with E-state index >= 15 is 0 Å². The lowest BCUT2D eigenvalue weighted by atomic mass is 9.91. The number of nitrogens with one attached hydrogen (secondary N) is 1. The number of halogens is 1. The van der Waals surface area contributed by atoms with Gasteiger partial charge >= 0.3 is 0 Å². The van der Waals surface area contributed by atoms with Gasteiger partial charge in [0.25, 0.3) is 0 Å². The van der Waals surface area contributed by atoms with Gasteiger partial charge in [-0.1, -0.05) is 18.6 Å². The Morgan fingerprint density at radius 3 is 2.67 bits per heavy atom. The van der Waals surface area contributed by atoms with Crippen LogP contribution in [0.5, 0.6) is 0 Å². The van der Waals surface area contributed by atoms with Crippen LogP contribution in [0.25, 0.3) is 0 Å². The predicted octanol–water partition coefficient (Wildman–Crippen LogP) is 2.16. The summed E-state index contributed by atoms with van der Waals surface area (Å²) >= 11 is 0. The maximum absolute atomic E-state index is 13.0. The van der Waals surface area contributed by atoms with E-state index in [4.69, 9.17) is 4.74 Å². The van der Waals surface area contributed by atoms with Gasteiger partial charge in [0.1, 0.15) is 5.82 Å². The second-order valence-electron chi connectivity index (χ2n) is 8.06. The monoisotopic (exact) mass is 375 g/mol. The number of hydrogen-bond acceptors (Lipinski definition) is 4. The number of amides is 1.